The second kappa shape index (κ2) is 9.40. The molecule has 0 aliphatic heterocycles. The van der Waals surface area contributed by atoms with Gasteiger partial charge in [-0.3, -0.25) is 9.48 Å². The third-order valence-corrected chi connectivity index (χ3v) is 6.10. The summed E-state index contributed by atoms with van der Waals surface area (Å²) < 4.78 is 17.2. The third kappa shape index (κ3) is 4.65. The van der Waals surface area contributed by atoms with Gasteiger partial charge in [0.2, 0.25) is 5.82 Å². The zero-order valence-corrected chi connectivity index (χ0v) is 19.2. The van der Waals surface area contributed by atoms with Gasteiger partial charge in [-0.2, -0.15) is 5.10 Å². The lowest BCUT2D eigenvalue weighted by atomic mass is 10.2. The van der Waals surface area contributed by atoms with Gasteiger partial charge in [0.1, 0.15) is 5.82 Å². The van der Waals surface area contributed by atoms with Crippen LogP contribution in [0.1, 0.15) is 21.7 Å². The quantitative estimate of drug-likeness (QED) is 0.346. The molecule has 3 aromatic heterocycles. The van der Waals surface area contributed by atoms with Crippen LogP contribution in [0.4, 0.5) is 4.39 Å². The van der Waals surface area contributed by atoms with Gasteiger partial charge in [0.25, 0.3) is 5.91 Å². The monoisotopic (exact) mass is 472 g/mol. The number of carbonyl (C=O) groups is 1. The molecule has 5 aromatic rings. The molecule has 0 saturated carbocycles. The number of aromatic nitrogens is 5. The Bertz CT molecular complexity index is 1410. The van der Waals surface area contributed by atoms with E-state index in [0.29, 0.717) is 24.6 Å². The molecule has 0 radical (unpaired) electrons. The molecule has 5 rings (SSSR count). The summed E-state index contributed by atoms with van der Waals surface area (Å²) in [5.41, 5.74) is 2.55. The molecule has 170 valence electrons. The first kappa shape index (κ1) is 21.7. The van der Waals surface area contributed by atoms with Gasteiger partial charge >= 0.3 is 0 Å². The second-order valence-corrected chi connectivity index (χ2v) is 8.77. The summed E-state index contributed by atoms with van der Waals surface area (Å²) in [7, 11) is 1.70. The number of nitrogens with zero attached hydrogens (tertiary/aromatic N) is 6. The number of amides is 1. The molecule has 3 heterocycles. The highest BCUT2D eigenvalue weighted by Gasteiger charge is 2.22. The Hall–Kier alpha value is -4.11. The number of carbonyl (C=O) groups excluding carboxylic acids is 1. The van der Waals surface area contributed by atoms with Gasteiger partial charge in [-0.05, 0) is 35.2 Å². The van der Waals surface area contributed by atoms with E-state index in [-0.39, 0.29) is 17.5 Å². The maximum atomic E-state index is 13.9. The first-order valence-corrected chi connectivity index (χ1v) is 11.5. The standard InChI is InChI=1S/C25H21FN6OS/c1-30(15-19-14-27-31(17-19)16-18-7-3-2-4-8-18)25(33)23-28-24(22-11-6-12-34-22)32(29-23)21-10-5-9-20(26)13-21/h2-14,17H,15-16H2,1H3. The van der Waals surface area contributed by atoms with E-state index < -0.39 is 0 Å². The van der Waals surface area contributed by atoms with E-state index in [1.54, 1.807) is 30.3 Å². The lowest BCUT2D eigenvalue weighted by Crippen LogP contribution is -2.27. The van der Waals surface area contributed by atoms with Crippen LogP contribution in [0.25, 0.3) is 16.4 Å². The second-order valence-electron chi connectivity index (χ2n) is 7.82. The Morgan fingerprint density at radius 2 is 1.91 bits per heavy atom. The molecular weight excluding hydrogens is 451 g/mol. The van der Waals surface area contributed by atoms with Crippen LogP contribution in [0.3, 0.4) is 0 Å². The van der Waals surface area contributed by atoms with E-state index in [0.717, 1.165) is 16.0 Å². The molecule has 0 bridgehead atoms. The van der Waals surface area contributed by atoms with Crippen LogP contribution in [0, 0.1) is 5.82 Å². The molecular formula is C25H21FN6OS. The Balaban J connectivity index is 1.37. The van der Waals surface area contributed by atoms with Crippen molar-refractivity contribution in [3.8, 4) is 16.4 Å². The highest BCUT2D eigenvalue weighted by molar-refractivity contribution is 7.13. The lowest BCUT2D eigenvalue weighted by Gasteiger charge is -2.13. The van der Waals surface area contributed by atoms with E-state index in [2.05, 4.69) is 15.2 Å². The van der Waals surface area contributed by atoms with Gasteiger partial charge < -0.3 is 4.90 Å². The van der Waals surface area contributed by atoms with E-state index in [9.17, 15) is 9.18 Å². The molecule has 0 fully saturated rings. The average Bonchev–Trinajstić information content (AvgIpc) is 3.60. The normalized spacial score (nSPS) is 11.0. The van der Waals surface area contributed by atoms with Crippen molar-refractivity contribution in [1.29, 1.82) is 0 Å². The first-order valence-electron chi connectivity index (χ1n) is 10.6. The fourth-order valence-electron chi connectivity index (χ4n) is 3.62. The van der Waals surface area contributed by atoms with Crippen molar-refractivity contribution in [2.45, 2.75) is 13.1 Å². The first-order chi connectivity index (χ1) is 16.6. The molecule has 1 amide bonds. The summed E-state index contributed by atoms with van der Waals surface area (Å²) in [6, 6.07) is 19.9. The van der Waals surface area contributed by atoms with Gasteiger partial charge in [0.05, 0.1) is 23.3 Å². The zero-order chi connectivity index (χ0) is 23.5. The van der Waals surface area contributed by atoms with Gasteiger partial charge in [0, 0.05) is 25.4 Å². The van der Waals surface area contributed by atoms with Crippen LogP contribution in [-0.2, 0) is 13.1 Å². The highest BCUT2D eigenvalue weighted by atomic mass is 32.1. The Kier molecular flexibility index (Phi) is 6.01. The molecule has 0 unspecified atom stereocenters. The van der Waals surface area contributed by atoms with Crippen LogP contribution in [0.15, 0.2) is 84.5 Å². The largest absolute Gasteiger partial charge is 0.334 e. The number of hydrogen-bond acceptors (Lipinski definition) is 5. The van der Waals surface area contributed by atoms with Crippen molar-refractivity contribution in [1.82, 2.24) is 29.4 Å². The van der Waals surface area contributed by atoms with Crippen molar-refractivity contribution < 1.29 is 9.18 Å². The Morgan fingerprint density at radius 3 is 2.68 bits per heavy atom. The third-order valence-electron chi connectivity index (χ3n) is 5.23. The number of hydrogen-bond donors (Lipinski definition) is 0. The Labute approximate surface area is 199 Å². The SMILES string of the molecule is CN(Cc1cnn(Cc2ccccc2)c1)C(=O)c1nc(-c2cccs2)n(-c2cccc(F)c2)n1. The topological polar surface area (TPSA) is 68.8 Å². The molecule has 0 spiro atoms. The molecule has 2 aromatic carbocycles. The number of rotatable bonds is 7. The fraction of sp³-hybridized carbons (Fsp3) is 0.120. The zero-order valence-electron chi connectivity index (χ0n) is 18.4. The minimum absolute atomic E-state index is 0.0480. The van der Waals surface area contributed by atoms with Crippen molar-refractivity contribution in [2.75, 3.05) is 7.05 Å². The van der Waals surface area contributed by atoms with E-state index in [4.69, 9.17) is 0 Å². The van der Waals surface area contributed by atoms with Crippen molar-refractivity contribution in [2.24, 2.45) is 0 Å². The van der Waals surface area contributed by atoms with Crippen LogP contribution in [-0.4, -0.2) is 42.4 Å². The van der Waals surface area contributed by atoms with Crippen molar-refractivity contribution in [3.05, 3.63) is 107 Å². The van der Waals surface area contributed by atoms with Crippen LogP contribution >= 0.6 is 11.3 Å². The smallest absolute Gasteiger partial charge is 0.293 e. The predicted molar refractivity (Wildman–Crippen MR) is 128 cm³/mol. The molecule has 34 heavy (non-hydrogen) atoms. The van der Waals surface area contributed by atoms with E-state index >= 15 is 0 Å². The van der Waals surface area contributed by atoms with Crippen LogP contribution < -0.4 is 0 Å². The number of benzene rings is 2. The average molecular weight is 473 g/mol. The molecule has 0 atom stereocenters. The fourth-order valence-corrected chi connectivity index (χ4v) is 4.32. The number of halogens is 1. The van der Waals surface area contributed by atoms with E-state index in [1.807, 2.05) is 58.7 Å². The molecule has 7 nitrogen and oxygen atoms in total. The molecule has 9 heteroatoms. The van der Waals surface area contributed by atoms with Crippen molar-refractivity contribution in [3.63, 3.8) is 0 Å². The van der Waals surface area contributed by atoms with Gasteiger partial charge in [-0.15, -0.1) is 16.4 Å². The summed E-state index contributed by atoms with van der Waals surface area (Å²) in [5, 5.41) is 10.8. The summed E-state index contributed by atoms with van der Waals surface area (Å²) >= 11 is 1.48. The maximum absolute atomic E-state index is 13.9. The van der Waals surface area contributed by atoms with Crippen molar-refractivity contribution >= 4 is 17.2 Å². The summed E-state index contributed by atoms with van der Waals surface area (Å²) in [5.74, 6) is -0.175. The lowest BCUT2D eigenvalue weighted by molar-refractivity contribution is 0.0773. The number of thiophene rings is 1. The molecule has 0 aliphatic rings. The molecule has 0 N–H and O–H groups in total. The molecule has 0 aliphatic carbocycles. The summed E-state index contributed by atoms with van der Waals surface area (Å²) in [4.78, 5) is 20.1. The molecule has 0 saturated heterocycles. The van der Waals surface area contributed by atoms with Gasteiger partial charge in [-0.25, -0.2) is 14.1 Å². The summed E-state index contributed by atoms with van der Waals surface area (Å²) in [6.45, 7) is 1.01. The minimum Gasteiger partial charge on any atom is -0.334 e. The van der Waals surface area contributed by atoms with Gasteiger partial charge in [-0.1, -0.05) is 42.5 Å². The van der Waals surface area contributed by atoms with E-state index in [1.165, 1.54) is 28.2 Å². The maximum Gasteiger partial charge on any atom is 0.293 e. The minimum atomic E-state index is -0.386. The Morgan fingerprint density at radius 1 is 1.06 bits per heavy atom. The van der Waals surface area contributed by atoms with Crippen LogP contribution in [0.2, 0.25) is 0 Å². The van der Waals surface area contributed by atoms with Crippen LogP contribution in [0.5, 0.6) is 0 Å². The van der Waals surface area contributed by atoms with Gasteiger partial charge in [0.15, 0.2) is 5.82 Å². The highest BCUT2D eigenvalue weighted by Crippen LogP contribution is 2.26. The summed E-state index contributed by atoms with van der Waals surface area (Å²) in [6.07, 6.45) is 3.68. The predicted octanol–water partition coefficient (Wildman–Crippen LogP) is 4.65.